The molecule has 2 heterocycles. The number of carbonyl (C=O) groups excluding carboxylic acids is 1. The van der Waals surface area contributed by atoms with Crippen LogP contribution in [0.2, 0.25) is 5.02 Å². The fraction of sp³-hybridized carbons (Fsp3) is 0.321. The van der Waals surface area contributed by atoms with Crippen molar-refractivity contribution in [2.75, 3.05) is 6.54 Å². The highest BCUT2D eigenvalue weighted by Crippen LogP contribution is 2.27. The van der Waals surface area contributed by atoms with Gasteiger partial charge >= 0.3 is 0 Å². The Morgan fingerprint density at radius 3 is 2.63 bits per heavy atom. The van der Waals surface area contributed by atoms with Crippen LogP contribution in [-0.4, -0.2) is 26.9 Å². The van der Waals surface area contributed by atoms with E-state index in [1.54, 1.807) is 33.7 Å². The Balaban J connectivity index is 1.88. The standard InChI is InChI=1S/C28H30ClN3O3/c1-4-5-6-9-16-31(28(34)25-13-10-17-35-25)20(3)26-30-23-12-8-7-11-22(23)27(33)32(26)24-15-14-21(29)18-19(24)2/h7-8,10-15,17-18,20H,4-6,9,16H2,1-3H3. The number of halogens is 1. The zero-order valence-electron chi connectivity index (χ0n) is 20.3. The summed E-state index contributed by atoms with van der Waals surface area (Å²) in [4.78, 5) is 33.9. The average molecular weight is 492 g/mol. The third-order valence-electron chi connectivity index (χ3n) is 6.29. The van der Waals surface area contributed by atoms with Crippen molar-refractivity contribution in [2.45, 2.75) is 52.5 Å². The van der Waals surface area contributed by atoms with Gasteiger partial charge in [0.25, 0.3) is 11.5 Å². The van der Waals surface area contributed by atoms with Crippen LogP contribution in [0.15, 0.2) is 70.1 Å². The Hall–Kier alpha value is -3.38. The minimum Gasteiger partial charge on any atom is -0.459 e. The lowest BCUT2D eigenvalue weighted by Crippen LogP contribution is -2.38. The van der Waals surface area contributed by atoms with Crippen LogP contribution in [0.3, 0.4) is 0 Å². The van der Waals surface area contributed by atoms with Crippen molar-refractivity contribution < 1.29 is 9.21 Å². The number of hydrogen-bond donors (Lipinski definition) is 0. The highest BCUT2D eigenvalue weighted by atomic mass is 35.5. The van der Waals surface area contributed by atoms with Crippen LogP contribution >= 0.6 is 11.6 Å². The number of amides is 1. The topological polar surface area (TPSA) is 68.3 Å². The second-order valence-electron chi connectivity index (χ2n) is 8.77. The van der Waals surface area contributed by atoms with Crippen LogP contribution in [0.5, 0.6) is 0 Å². The summed E-state index contributed by atoms with van der Waals surface area (Å²) in [6.07, 6.45) is 5.56. The average Bonchev–Trinajstić information content (AvgIpc) is 3.39. The number of carbonyl (C=O) groups is 1. The van der Waals surface area contributed by atoms with E-state index < -0.39 is 6.04 Å². The summed E-state index contributed by atoms with van der Waals surface area (Å²) in [5, 5.41) is 1.11. The first-order chi connectivity index (χ1) is 16.9. The lowest BCUT2D eigenvalue weighted by molar-refractivity contribution is 0.0644. The van der Waals surface area contributed by atoms with Crippen molar-refractivity contribution in [1.29, 1.82) is 0 Å². The summed E-state index contributed by atoms with van der Waals surface area (Å²) in [6, 6.07) is 15.6. The molecule has 1 atom stereocenters. The van der Waals surface area contributed by atoms with Gasteiger partial charge in [0.1, 0.15) is 5.82 Å². The van der Waals surface area contributed by atoms with Crippen LogP contribution in [0.4, 0.5) is 0 Å². The molecular weight excluding hydrogens is 462 g/mol. The van der Waals surface area contributed by atoms with Gasteiger partial charge in [0.2, 0.25) is 0 Å². The zero-order valence-corrected chi connectivity index (χ0v) is 21.1. The number of fused-ring (bicyclic) bond motifs is 1. The van der Waals surface area contributed by atoms with Crippen molar-refractivity contribution in [3.05, 3.63) is 93.4 Å². The molecule has 2 aromatic heterocycles. The molecule has 0 aliphatic heterocycles. The Bertz CT molecular complexity index is 1380. The summed E-state index contributed by atoms with van der Waals surface area (Å²) >= 11 is 6.21. The second kappa shape index (κ2) is 10.9. The molecule has 4 rings (SSSR count). The Labute approximate surface area is 210 Å². The van der Waals surface area contributed by atoms with E-state index in [0.717, 1.165) is 31.2 Å². The molecule has 0 radical (unpaired) electrons. The number of aryl methyl sites for hydroxylation is 1. The monoisotopic (exact) mass is 491 g/mol. The maximum Gasteiger partial charge on any atom is 0.290 e. The third-order valence-corrected chi connectivity index (χ3v) is 6.52. The summed E-state index contributed by atoms with van der Waals surface area (Å²) in [7, 11) is 0. The lowest BCUT2D eigenvalue weighted by atomic mass is 10.1. The predicted molar refractivity (Wildman–Crippen MR) is 139 cm³/mol. The van der Waals surface area contributed by atoms with Gasteiger partial charge in [-0.25, -0.2) is 4.98 Å². The second-order valence-corrected chi connectivity index (χ2v) is 9.21. The molecule has 2 aromatic carbocycles. The number of rotatable bonds is 9. The number of unbranched alkanes of at least 4 members (excludes halogenated alkanes) is 3. The minimum atomic E-state index is -0.485. The Morgan fingerprint density at radius 1 is 1.11 bits per heavy atom. The Morgan fingerprint density at radius 2 is 1.91 bits per heavy atom. The third kappa shape index (κ3) is 5.17. The van der Waals surface area contributed by atoms with Crippen molar-refractivity contribution in [2.24, 2.45) is 0 Å². The Kier molecular flexibility index (Phi) is 7.71. The maximum absolute atomic E-state index is 13.8. The molecule has 0 aliphatic rings. The molecule has 0 spiro atoms. The van der Waals surface area contributed by atoms with E-state index in [4.69, 9.17) is 21.0 Å². The molecule has 0 bridgehead atoms. The molecule has 0 N–H and O–H groups in total. The molecule has 1 unspecified atom stereocenters. The quantitative estimate of drug-likeness (QED) is 0.243. The highest BCUT2D eigenvalue weighted by molar-refractivity contribution is 6.30. The number of aromatic nitrogens is 2. The maximum atomic E-state index is 13.8. The first-order valence-corrected chi connectivity index (χ1v) is 12.4. The number of nitrogens with zero attached hydrogens (tertiary/aromatic N) is 3. The van der Waals surface area contributed by atoms with Gasteiger partial charge < -0.3 is 9.32 Å². The SMILES string of the molecule is CCCCCCN(C(=O)c1ccco1)C(C)c1nc2ccccc2c(=O)n1-c1ccc(Cl)cc1C. The number of benzene rings is 2. The van der Waals surface area contributed by atoms with Gasteiger partial charge in [0.15, 0.2) is 5.76 Å². The molecule has 182 valence electrons. The van der Waals surface area contributed by atoms with Gasteiger partial charge in [-0.3, -0.25) is 14.2 Å². The van der Waals surface area contributed by atoms with E-state index >= 15 is 0 Å². The van der Waals surface area contributed by atoms with E-state index in [-0.39, 0.29) is 17.2 Å². The largest absolute Gasteiger partial charge is 0.459 e. The van der Waals surface area contributed by atoms with E-state index in [1.807, 2.05) is 44.2 Å². The van der Waals surface area contributed by atoms with Crippen molar-refractivity contribution in [1.82, 2.24) is 14.5 Å². The van der Waals surface area contributed by atoms with Gasteiger partial charge in [0.05, 0.1) is 28.9 Å². The van der Waals surface area contributed by atoms with Crippen LogP contribution in [-0.2, 0) is 0 Å². The predicted octanol–water partition coefficient (Wildman–Crippen LogP) is 6.72. The van der Waals surface area contributed by atoms with E-state index in [0.29, 0.717) is 34.0 Å². The lowest BCUT2D eigenvalue weighted by Gasteiger charge is -2.30. The fourth-order valence-corrected chi connectivity index (χ4v) is 4.62. The highest BCUT2D eigenvalue weighted by Gasteiger charge is 2.29. The molecule has 0 saturated carbocycles. The molecule has 4 aromatic rings. The summed E-state index contributed by atoms with van der Waals surface area (Å²) in [6.45, 7) is 6.51. The molecule has 0 fully saturated rings. The number of para-hydroxylation sites is 1. The summed E-state index contributed by atoms with van der Waals surface area (Å²) < 4.78 is 7.05. The van der Waals surface area contributed by atoms with E-state index in [1.165, 1.54) is 6.26 Å². The number of furan rings is 1. The van der Waals surface area contributed by atoms with Gasteiger partial charge in [0, 0.05) is 11.6 Å². The van der Waals surface area contributed by atoms with Crippen molar-refractivity contribution in [3.63, 3.8) is 0 Å². The zero-order chi connectivity index (χ0) is 24.9. The molecule has 6 nitrogen and oxygen atoms in total. The van der Waals surface area contributed by atoms with Crippen molar-refractivity contribution in [3.8, 4) is 5.69 Å². The van der Waals surface area contributed by atoms with Gasteiger partial charge in [-0.15, -0.1) is 0 Å². The molecule has 7 heteroatoms. The van der Waals surface area contributed by atoms with Gasteiger partial charge in [-0.2, -0.15) is 0 Å². The van der Waals surface area contributed by atoms with Crippen LogP contribution in [0.1, 0.15) is 67.5 Å². The van der Waals surface area contributed by atoms with Crippen LogP contribution in [0.25, 0.3) is 16.6 Å². The van der Waals surface area contributed by atoms with Gasteiger partial charge in [-0.1, -0.05) is 49.9 Å². The summed E-state index contributed by atoms with van der Waals surface area (Å²) in [5.41, 5.74) is 1.95. The van der Waals surface area contributed by atoms with E-state index in [9.17, 15) is 9.59 Å². The van der Waals surface area contributed by atoms with Crippen molar-refractivity contribution >= 4 is 28.4 Å². The first kappa shape index (κ1) is 24.7. The summed E-state index contributed by atoms with van der Waals surface area (Å²) in [5.74, 6) is 0.542. The smallest absolute Gasteiger partial charge is 0.290 e. The molecule has 0 aliphatic carbocycles. The van der Waals surface area contributed by atoms with Gasteiger partial charge in [-0.05, 0) is 68.3 Å². The number of hydrogen-bond acceptors (Lipinski definition) is 4. The fourth-order valence-electron chi connectivity index (χ4n) is 4.39. The van der Waals surface area contributed by atoms with Crippen LogP contribution < -0.4 is 5.56 Å². The van der Waals surface area contributed by atoms with E-state index in [2.05, 4.69) is 6.92 Å². The minimum absolute atomic E-state index is 0.181. The van der Waals surface area contributed by atoms with Crippen LogP contribution in [0, 0.1) is 6.92 Å². The normalized spacial score (nSPS) is 12.1. The molecule has 1 amide bonds. The first-order valence-electron chi connectivity index (χ1n) is 12.0. The molecule has 35 heavy (non-hydrogen) atoms. The molecule has 0 saturated heterocycles. The molecular formula is C28H30ClN3O3.